The fourth-order valence-corrected chi connectivity index (χ4v) is 3.11. The first-order valence-electron chi connectivity index (χ1n) is 10.3. The number of carbonyl (C=O) groups is 2. The fraction of sp³-hybridized carbons (Fsp3) is 0.417. The standard InChI is InChI=1S/C24H31FN2O3/c1-16(2)20-11-7-9-13-22(20)30-15-23(28)27(18(5)24(29)26-17(3)4)14-19-10-6-8-12-21(19)25/h6-13,16-18H,14-15H2,1-5H3,(H,26,29)/t18-/m1/s1. The van der Waals surface area contributed by atoms with E-state index in [1.54, 1.807) is 25.1 Å². The molecule has 162 valence electrons. The van der Waals surface area contributed by atoms with Crippen LogP contribution in [0.5, 0.6) is 5.75 Å². The average Bonchev–Trinajstić information content (AvgIpc) is 2.70. The average molecular weight is 415 g/mol. The van der Waals surface area contributed by atoms with Gasteiger partial charge < -0.3 is 15.0 Å². The summed E-state index contributed by atoms with van der Waals surface area (Å²) in [6.07, 6.45) is 0. The highest BCUT2D eigenvalue weighted by Crippen LogP contribution is 2.26. The van der Waals surface area contributed by atoms with Gasteiger partial charge in [-0.1, -0.05) is 50.2 Å². The molecule has 0 radical (unpaired) electrons. The molecular formula is C24H31FN2O3. The SMILES string of the molecule is CC(C)NC(=O)[C@@H](C)N(Cc1ccccc1F)C(=O)COc1ccccc1C(C)C. The zero-order valence-corrected chi connectivity index (χ0v) is 18.3. The molecule has 2 rings (SSSR count). The molecule has 0 saturated heterocycles. The summed E-state index contributed by atoms with van der Waals surface area (Å²) in [5.41, 5.74) is 1.34. The largest absolute Gasteiger partial charge is 0.483 e. The molecule has 0 fully saturated rings. The zero-order chi connectivity index (χ0) is 22.3. The normalized spacial score (nSPS) is 12.0. The summed E-state index contributed by atoms with van der Waals surface area (Å²) in [6, 6.07) is 12.9. The lowest BCUT2D eigenvalue weighted by atomic mass is 10.0. The van der Waals surface area contributed by atoms with E-state index in [4.69, 9.17) is 4.74 Å². The molecule has 0 aliphatic rings. The second-order valence-corrected chi connectivity index (χ2v) is 7.93. The van der Waals surface area contributed by atoms with Gasteiger partial charge in [-0.05, 0) is 44.4 Å². The van der Waals surface area contributed by atoms with Crippen LogP contribution in [0.3, 0.4) is 0 Å². The smallest absolute Gasteiger partial charge is 0.261 e. The molecule has 0 aliphatic carbocycles. The van der Waals surface area contributed by atoms with Crippen molar-refractivity contribution >= 4 is 11.8 Å². The van der Waals surface area contributed by atoms with Gasteiger partial charge in [0.2, 0.25) is 5.91 Å². The summed E-state index contributed by atoms with van der Waals surface area (Å²) in [4.78, 5) is 27.0. The fourth-order valence-electron chi connectivity index (χ4n) is 3.11. The molecule has 2 aromatic carbocycles. The molecule has 0 spiro atoms. The van der Waals surface area contributed by atoms with Crippen LogP contribution in [-0.2, 0) is 16.1 Å². The summed E-state index contributed by atoms with van der Waals surface area (Å²) < 4.78 is 20.0. The number of ether oxygens (including phenoxy) is 1. The van der Waals surface area contributed by atoms with Crippen molar-refractivity contribution in [3.05, 3.63) is 65.5 Å². The lowest BCUT2D eigenvalue weighted by molar-refractivity contribution is -0.142. The molecule has 30 heavy (non-hydrogen) atoms. The first-order valence-corrected chi connectivity index (χ1v) is 10.3. The van der Waals surface area contributed by atoms with Crippen molar-refractivity contribution in [1.29, 1.82) is 0 Å². The van der Waals surface area contributed by atoms with Gasteiger partial charge >= 0.3 is 0 Å². The maximum atomic E-state index is 14.2. The number of nitrogens with one attached hydrogen (secondary N) is 1. The first kappa shape index (κ1) is 23.4. The summed E-state index contributed by atoms with van der Waals surface area (Å²) >= 11 is 0. The van der Waals surface area contributed by atoms with Crippen LogP contribution in [0.25, 0.3) is 0 Å². The number of carbonyl (C=O) groups excluding carboxylic acids is 2. The Hall–Kier alpha value is -2.89. The van der Waals surface area contributed by atoms with Gasteiger partial charge in [0.25, 0.3) is 5.91 Å². The first-order chi connectivity index (χ1) is 14.2. The van der Waals surface area contributed by atoms with Gasteiger partial charge in [-0.2, -0.15) is 0 Å². The Balaban J connectivity index is 2.21. The van der Waals surface area contributed by atoms with E-state index < -0.39 is 11.9 Å². The van der Waals surface area contributed by atoms with Gasteiger partial charge in [0.1, 0.15) is 17.6 Å². The predicted molar refractivity (Wildman–Crippen MR) is 116 cm³/mol. The van der Waals surface area contributed by atoms with Crippen molar-refractivity contribution in [2.24, 2.45) is 0 Å². The van der Waals surface area contributed by atoms with E-state index in [-0.39, 0.29) is 36.9 Å². The van der Waals surface area contributed by atoms with Gasteiger partial charge in [0.15, 0.2) is 6.61 Å². The minimum absolute atomic E-state index is 0.0205. The molecular weight excluding hydrogens is 383 g/mol. The third kappa shape index (κ3) is 6.31. The number of para-hydroxylation sites is 1. The quantitative estimate of drug-likeness (QED) is 0.667. The van der Waals surface area contributed by atoms with Crippen LogP contribution >= 0.6 is 0 Å². The molecule has 0 heterocycles. The minimum atomic E-state index is -0.775. The van der Waals surface area contributed by atoms with E-state index in [1.807, 2.05) is 52.0 Å². The highest BCUT2D eigenvalue weighted by atomic mass is 19.1. The Kier molecular flexibility index (Phi) is 8.39. The van der Waals surface area contributed by atoms with Crippen molar-refractivity contribution in [3.8, 4) is 5.75 Å². The molecule has 1 atom stereocenters. The van der Waals surface area contributed by atoms with Crippen LogP contribution in [0, 0.1) is 5.82 Å². The highest BCUT2D eigenvalue weighted by Gasteiger charge is 2.27. The summed E-state index contributed by atoms with van der Waals surface area (Å²) in [6.45, 7) is 9.17. The summed E-state index contributed by atoms with van der Waals surface area (Å²) in [5.74, 6) is -0.231. The van der Waals surface area contributed by atoms with Crippen molar-refractivity contribution in [1.82, 2.24) is 10.2 Å². The van der Waals surface area contributed by atoms with Crippen LogP contribution in [-0.4, -0.2) is 35.4 Å². The van der Waals surface area contributed by atoms with E-state index in [2.05, 4.69) is 5.32 Å². The topological polar surface area (TPSA) is 58.6 Å². The second kappa shape index (κ2) is 10.8. The molecule has 0 bridgehead atoms. The Bertz CT molecular complexity index is 867. The number of hydrogen-bond donors (Lipinski definition) is 1. The van der Waals surface area contributed by atoms with Crippen LogP contribution < -0.4 is 10.1 Å². The van der Waals surface area contributed by atoms with Crippen LogP contribution in [0.1, 0.15) is 51.7 Å². The van der Waals surface area contributed by atoms with Crippen LogP contribution in [0.4, 0.5) is 4.39 Å². The van der Waals surface area contributed by atoms with E-state index >= 15 is 0 Å². The van der Waals surface area contributed by atoms with Crippen LogP contribution in [0.2, 0.25) is 0 Å². The van der Waals surface area contributed by atoms with Gasteiger partial charge in [-0.15, -0.1) is 0 Å². The third-order valence-electron chi connectivity index (χ3n) is 4.79. The monoisotopic (exact) mass is 414 g/mol. The van der Waals surface area contributed by atoms with Gasteiger partial charge in [0.05, 0.1) is 0 Å². The lowest BCUT2D eigenvalue weighted by Crippen LogP contribution is -2.50. The van der Waals surface area contributed by atoms with Gasteiger partial charge in [-0.25, -0.2) is 4.39 Å². The molecule has 6 heteroatoms. The molecule has 5 nitrogen and oxygen atoms in total. The molecule has 1 N–H and O–H groups in total. The Morgan fingerprint density at radius 3 is 2.27 bits per heavy atom. The van der Waals surface area contributed by atoms with Crippen molar-refractivity contribution < 1.29 is 18.7 Å². The van der Waals surface area contributed by atoms with Crippen LogP contribution in [0.15, 0.2) is 48.5 Å². The maximum Gasteiger partial charge on any atom is 0.261 e. The summed E-state index contributed by atoms with van der Waals surface area (Å²) in [5, 5.41) is 2.81. The number of nitrogens with zero attached hydrogens (tertiary/aromatic N) is 1. The minimum Gasteiger partial charge on any atom is -0.483 e. The van der Waals surface area contributed by atoms with E-state index in [0.717, 1.165) is 5.56 Å². The maximum absolute atomic E-state index is 14.2. The number of amides is 2. The van der Waals surface area contributed by atoms with E-state index in [9.17, 15) is 14.0 Å². The zero-order valence-electron chi connectivity index (χ0n) is 18.3. The summed E-state index contributed by atoms with van der Waals surface area (Å²) in [7, 11) is 0. The molecule has 2 amide bonds. The third-order valence-corrected chi connectivity index (χ3v) is 4.79. The second-order valence-electron chi connectivity index (χ2n) is 7.93. The Morgan fingerprint density at radius 1 is 1.00 bits per heavy atom. The molecule has 0 aromatic heterocycles. The van der Waals surface area contributed by atoms with Crippen molar-refractivity contribution in [2.45, 2.75) is 59.2 Å². The Labute approximate surface area is 178 Å². The lowest BCUT2D eigenvalue weighted by Gasteiger charge is -2.29. The van der Waals surface area contributed by atoms with E-state index in [0.29, 0.717) is 11.3 Å². The Morgan fingerprint density at radius 2 is 1.63 bits per heavy atom. The molecule has 0 saturated carbocycles. The van der Waals surface area contributed by atoms with E-state index in [1.165, 1.54) is 11.0 Å². The number of hydrogen-bond acceptors (Lipinski definition) is 3. The van der Waals surface area contributed by atoms with Crippen molar-refractivity contribution in [2.75, 3.05) is 6.61 Å². The van der Waals surface area contributed by atoms with Gasteiger partial charge in [0, 0.05) is 18.2 Å². The number of rotatable bonds is 9. The van der Waals surface area contributed by atoms with Crippen molar-refractivity contribution in [3.63, 3.8) is 0 Å². The number of halogens is 1. The molecule has 0 aliphatic heterocycles. The number of benzene rings is 2. The predicted octanol–water partition coefficient (Wildman–Crippen LogP) is 4.27. The highest BCUT2D eigenvalue weighted by molar-refractivity contribution is 5.88. The molecule has 2 aromatic rings. The van der Waals surface area contributed by atoms with Gasteiger partial charge in [-0.3, -0.25) is 9.59 Å². The molecule has 0 unspecified atom stereocenters.